The van der Waals surface area contributed by atoms with Crippen molar-refractivity contribution in [3.8, 4) is 5.75 Å². The summed E-state index contributed by atoms with van der Waals surface area (Å²) in [5.41, 5.74) is 6.22. The summed E-state index contributed by atoms with van der Waals surface area (Å²) in [5, 5.41) is 18.7. The van der Waals surface area contributed by atoms with Crippen LogP contribution < -0.4 is 5.73 Å². The van der Waals surface area contributed by atoms with Crippen LogP contribution in [0, 0.1) is 0 Å². The SMILES string of the molecule is C[C@@H](O)[C@@H](N)c1cc(Br)ccc1O.Cl. The third kappa shape index (κ3) is 3.13. The van der Waals surface area contributed by atoms with Crippen molar-refractivity contribution in [1.82, 2.24) is 0 Å². The standard InChI is InChI=1S/C9H12BrNO2.ClH/c1-5(12)9(11)7-4-6(10)2-3-8(7)13;/h2-5,9,12-13H,11H2,1H3;1H/t5-,9-;/m1./s1. The lowest BCUT2D eigenvalue weighted by molar-refractivity contribution is 0.163. The number of hydrogen-bond acceptors (Lipinski definition) is 3. The Morgan fingerprint density at radius 2 is 2.00 bits per heavy atom. The van der Waals surface area contributed by atoms with Gasteiger partial charge in [0.2, 0.25) is 0 Å². The first kappa shape index (κ1) is 13.7. The Balaban J connectivity index is 0.00000169. The molecule has 14 heavy (non-hydrogen) atoms. The molecule has 0 fully saturated rings. The molecule has 0 amide bonds. The number of benzene rings is 1. The molecule has 0 spiro atoms. The van der Waals surface area contributed by atoms with Gasteiger partial charge in [-0.05, 0) is 25.1 Å². The molecule has 1 rings (SSSR count). The molecule has 0 aliphatic rings. The van der Waals surface area contributed by atoms with Crippen LogP contribution in [-0.2, 0) is 0 Å². The van der Waals surface area contributed by atoms with Crippen LogP contribution >= 0.6 is 28.3 Å². The van der Waals surface area contributed by atoms with Crippen LogP contribution in [0.15, 0.2) is 22.7 Å². The number of phenolic OH excluding ortho intramolecular Hbond substituents is 1. The summed E-state index contributed by atoms with van der Waals surface area (Å²) >= 11 is 3.27. The van der Waals surface area contributed by atoms with Gasteiger partial charge in [-0.2, -0.15) is 0 Å². The van der Waals surface area contributed by atoms with Gasteiger partial charge in [0.05, 0.1) is 12.1 Å². The molecule has 1 aromatic rings. The van der Waals surface area contributed by atoms with E-state index in [0.29, 0.717) is 5.56 Å². The van der Waals surface area contributed by atoms with E-state index in [0.717, 1.165) is 4.47 Å². The lowest BCUT2D eigenvalue weighted by atomic mass is 10.0. The zero-order valence-electron chi connectivity index (χ0n) is 7.64. The van der Waals surface area contributed by atoms with Gasteiger partial charge in [-0.25, -0.2) is 0 Å². The van der Waals surface area contributed by atoms with Crippen LogP contribution in [0.3, 0.4) is 0 Å². The minimum atomic E-state index is -0.680. The minimum Gasteiger partial charge on any atom is -0.508 e. The molecule has 0 aromatic heterocycles. The third-order valence-electron chi connectivity index (χ3n) is 1.87. The second kappa shape index (κ2) is 5.56. The molecule has 4 N–H and O–H groups in total. The van der Waals surface area contributed by atoms with E-state index in [1.165, 1.54) is 0 Å². The van der Waals surface area contributed by atoms with E-state index in [-0.39, 0.29) is 18.2 Å². The lowest BCUT2D eigenvalue weighted by Gasteiger charge is -2.16. The molecule has 0 aliphatic carbocycles. The second-order valence-electron chi connectivity index (χ2n) is 2.97. The van der Waals surface area contributed by atoms with Crippen molar-refractivity contribution in [2.75, 3.05) is 0 Å². The van der Waals surface area contributed by atoms with Crippen LogP contribution in [0.5, 0.6) is 5.75 Å². The Labute approximate surface area is 97.5 Å². The fourth-order valence-corrected chi connectivity index (χ4v) is 1.43. The first-order valence-electron chi connectivity index (χ1n) is 3.94. The Bertz CT molecular complexity index is 307. The molecule has 0 saturated carbocycles. The summed E-state index contributed by atoms with van der Waals surface area (Å²) in [4.78, 5) is 0. The van der Waals surface area contributed by atoms with Gasteiger partial charge >= 0.3 is 0 Å². The van der Waals surface area contributed by atoms with E-state index in [9.17, 15) is 10.2 Å². The van der Waals surface area contributed by atoms with E-state index >= 15 is 0 Å². The third-order valence-corrected chi connectivity index (χ3v) is 2.36. The van der Waals surface area contributed by atoms with E-state index in [1.54, 1.807) is 25.1 Å². The Hall–Kier alpha value is -0.290. The summed E-state index contributed by atoms with van der Waals surface area (Å²) in [5.74, 6) is 0.108. The fraction of sp³-hybridized carbons (Fsp3) is 0.333. The molecule has 1 aromatic carbocycles. The molecule has 3 nitrogen and oxygen atoms in total. The molecule has 0 saturated heterocycles. The molecule has 0 unspecified atom stereocenters. The number of aromatic hydroxyl groups is 1. The fourth-order valence-electron chi connectivity index (χ4n) is 1.05. The van der Waals surface area contributed by atoms with Crippen LogP contribution in [0.4, 0.5) is 0 Å². The Morgan fingerprint density at radius 1 is 1.43 bits per heavy atom. The van der Waals surface area contributed by atoms with Crippen LogP contribution in [-0.4, -0.2) is 16.3 Å². The monoisotopic (exact) mass is 281 g/mol. The average Bonchev–Trinajstić information content (AvgIpc) is 2.08. The summed E-state index contributed by atoms with van der Waals surface area (Å²) in [6.07, 6.45) is -0.680. The number of aliphatic hydroxyl groups excluding tert-OH is 1. The Morgan fingerprint density at radius 3 is 2.50 bits per heavy atom. The van der Waals surface area contributed by atoms with E-state index in [1.807, 2.05) is 0 Å². The first-order valence-corrected chi connectivity index (χ1v) is 4.73. The topological polar surface area (TPSA) is 66.5 Å². The highest BCUT2D eigenvalue weighted by Crippen LogP contribution is 2.27. The maximum Gasteiger partial charge on any atom is 0.120 e. The van der Waals surface area contributed by atoms with E-state index in [4.69, 9.17) is 5.73 Å². The molecule has 0 radical (unpaired) electrons. The number of hydrogen-bond donors (Lipinski definition) is 3. The van der Waals surface area contributed by atoms with Crippen LogP contribution in [0.25, 0.3) is 0 Å². The maximum absolute atomic E-state index is 9.44. The maximum atomic E-state index is 9.44. The number of aliphatic hydroxyl groups is 1. The van der Waals surface area contributed by atoms with Gasteiger partial charge in [0, 0.05) is 10.0 Å². The van der Waals surface area contributed by atoms with Crippen LogP contribution in [0.1, 0.15) is 18.5 Å². The average molecular weight is 283 g/mol. The molecule has 80 valence electrons. The molecular formula is C9H13BrClNO2. The molecular weight excluding hydrogens is 269 g/mol. The molecule has 0 aliphatic heterocycles. The van der Waals surface area contributed by atoms with Gasteiger partial charge in [-0.15, -0.1) is 12.4 Å². The number of halogens is 2. The molecule has 2 atom stereocenters. The zero-order valence-corrected chi connectivity index (χ0v) is 10.0. The van der Waals surface area contributed by atoms with Crippen molar-refractivity contribution >= 4 is 28.3 Å². The van der Waals surface area contributed by atoms with Crippen molar-refractivity contribution in [2.45, 2.75) is 19.1 Å². The van der Waals surface area contributed by atoms with Gasteiger partial charge in [-0.3, -0.25) is 0 Å². The van der Waals surface area contributed by atoms with Gasteiger partial charge < -0.3 is 15.9 Å². The molecule has 5 heteroatoms. The van der Waals surface area contributed by atoms with Gasteiger partial charge in [0.25, 0.3) is 0 Å². The van der Waals surface area contributed by atoms with Gasteiger partial charge in [0.1, 0.15) is 5.75 Å². The highest BCUT2D eigenvalue weighted by Gasteiger charge is 2.15. The van der Waals surface area contributed by atoms with Crippen molar-refractivity contribution < 1.29 is 10.2 Å². The largest absolute Gasteiger partial charge is 0.508 e. The smallest absolute Gasteiger partial charge is 0.120 e. The van der Waals surface area contributed by atoms with Crippen molar-refractivity contribution in [2.24, 2.45) is 5.73 Å². The number of nitrogens with two attached hydrogens (primary N) is 1. The summed E-state index contributed by atoms with van der Waals surface area (Å²) < 4.78 is 0.830. The highest BCUT2D eigenvalue weighted by atomic mass is 79.9. The van der Waals surface area contributed by atoms with Gasteiger partial charge in [0.15, 0.2) is 0 Å². The highest BCUT2D eigenvalue weighted by molar-refractivity contribution is 9.10. The lowest BCUT2D eigenvalue weighted by Crippen LogP contribution is -2.23. The second-order valence-corrected chi connectivity index (χ2v) is 3.89. The van der Waals surface area contributed by atoms with Gasteiger partial charge in [-0.1, -0.05) is 15.9 Å². The predicted octanol–water partition coefficient (Wildman–Crippen LogP) is 1.96. The predicted molar refractivity (Wildman–Crippen MR) is 61.7 cm³/mol. The Kier molecular flexibility index (Phi) is 5.44. The quantitative estimate of drug-likeness (QED) is 0.777. The summed E-state index contributed by atoms with van der Waals surface area (Å²) in [6.45, 7) is 1.59. The number of rotatable bonds is 2. The molecule has 0 heterocycles. The summed E-state index contributed by atoms with van der Waals surface area (Å²) in [6, 6.07) is 4.40. The van der Waals surface area contributed by atoms with E-state index in [2.05, 4.69) is 15.9 Å². The zero-order chi connectivity index (χ0) is 10.0. The first-order chi connectivity index (χ1) is 6.02. The van der Waals surface area contributed by atoms with Crippen molar-refractivity contribution in [1.29, 1.82) is 0 Å². The molecule has 0 bridgehead atoms. The van der Waals surface area contributed by atoms with Crippen LogP contribution in [0.2, 0.25) is 0 Å². The van der Waals surface area contributed by atoms with Crippen molar-refractivity contribution in [3.05, 3.63) is 28.2 Å². The normalized spacial score (nSPS) is 14.3. The van der Waals surface area contributed by atoms with Crippen molar-refractivity contribution in [3.63, 3.8) is 0 Å². The summed E-state index contributed by atoms with van der Waals surface area (Å²) in [7, 11) is 0. The van der Waals surface area contributed by atoms with E-state index < -0.39 is 12.1 Å². The number of phenols is 1. The minimum absolute atomic E-state index is 0.